The number of thioether (sulfide) groups is 1. The number of aromatic nitrogens is 1. The average Bonchev–Trinajstić information content (AvgIpc) is 3.01. The molecule has 140 valence electrons. The van der Waals surface area contributed by atoms with Crippen LogP contribution in [0.3, 0.4) is 0 Å². The van der Waals surface area contributed by atoms with E-state index < -0.39 is 0 Å². The van der Waals surface area contributed by atoms with Gasteiger partial charge in [-0.15, -0.1) is 23.1 Å². The van der Waals surface area contributed by atoms with Crippen LogP contribution >= 0.6 is 23.1 Å². The topological polar surface area (TPSA) is 71.1 Å². The first-order valence-electron chi connectivity index (χ1n) is 8.57. The second-order valence-corrected chi connectivity index (χ2v) is 8.84. The van der Waals surface area contributed by atoms with Gasteiger partial charge < -0.3 is 10.6 Å². The van der Waals surface area contributed by atoms with Crippen LogP contribution in [0, 0.1) is 13.8 Å². The number of anilines is 2. The van der Waals surface area contributed by atoms with E-state index in [1.807, 2.05) is 56.3 Å². The summed E-state index contributed by atoms with van der Waals surface area (Å²) in [6, 6.07) is 13.3. The molecule has 0 radical (unpaired) electrons. The summed E-state index contributed by atoms with van der Waals surface area (Å²) in [5.41, 5.74) is 3.58. The summed E-state index contributed by atoms with van der Waals surface area (Å²) in [5.74, 6) is -0.0241. The monoisotopic (exact) mass is 399 g/mol. The van der Waals surface area contributed by atoms with Crippen molar-refractivity contribution in [3.63, 3.8) is 0 Å². The highest BCUT2D eigenvalue weighted by Crippen LogP contribution is 2.25. The third-order valence-corrected chi connectivity index (χ3v) is 6.01. The molecule has 0 spiro atoms. The summed E-state index contributed by atoms with van der Waals surface area (Å²) < 4.78 is 1.04. The molecule has 0 unspecified atom stereocenters. The number of aryl methyl sites for hydroxylation is 2. The molecular weight excluding hydrogens is 378 g/mol. The van der Waals surface area contributed by atoms with Gasteiger partial charge in [-0.1, -0.05) is 17.7 Å². The minimum atomic E-state index is -0.340. The van der Waals surface area contributed by atoms with E-state index in [-0.39, 0.29) is 22.8 Å². The Morgan fingerprint density at radius 1 is 1.07 bits per heavy atom. The molecule has 0 aliphatic rings. The number of hydrogen-bond acceptors (Lipinski definition) is 5. The second kappa shape index (κ2) is 8.54. The van der Waals surface area contributed by atoms with Gasteiger partial charge in [-0.05, 0) is 51.1 Å². The molecule has 27 heavy (non-hydrogen) atoms. The van der Waals surface area contributed by atoms with Gasteiger partial charge in [0.15, 0.2) is 0 Å². The maximum atomic E-state index is 12.4. The van der Waals surface area contributed by atoms with Gasteiger partial charge in [0, 0.05) is 11.4 Å². The lowest BCUT2D eigenvalue weighted by molar-refractivity contribution is -0.115. The van der Waals surface area contributed by atoms with Crippen LogP contribution in [-0.4, -0.2) is 27.8 Å². The smallest absolute Gasteiger partial charge is 0.237 e. The number of amides is 2. The lowest BCUT2D eigenvalue weighted by atomic mass is 10.2. The van der Waals surface area contributed by atoms with Crippen LogP contribution in [0.5, 0.6) is 0 Å². The summed E-state index contributed by atoms with van der Waals surface area (Å²) in [5, 5.41) is 6.41. The number of thiazole rings is 1. The SMILES string of the molecule is Cc1ccc(NC(=O)CS[C@H](C)C(=O)Nc2ccc3nc(C)sc3c2)cc1. The Morgan fingerprint density at radius 3 is 2.52 bits per heavy atom. The van der Waals surface area contributed by atoms with Gasteiger partial charge in [-0.3, -0.25) is 9.59 Å². The van der Waals surface area contributed by atoms with Gasteiger partial charge in [-0.2, -0.15) is 0 Å². The van der Waals surface area contributed by atoms with Crippen molar-refractivity contribution in [3.8, 4) is 0 Å². The third kappa shape index (κ3) is 5.30. The zero-order chi connectivity index (χ0) is 19.4. The predicted molar refractivity (Wildman–Crippen MR) is 115 cm³/mol. The van der Waals surface area contributed by atoms with Crippen LogP contribution < -0.4 is 10.6 Å². The van der Waals surface area contributed by atoms with Gasteiger partial charge in [0.2, 0.25) is 11.8 Å². The van der Waals surface area contributed by atoms with Crippen LogP contribution in [0.4, 0.5) is 11.4 Å². The fourth-order valence-electron chi connectivity index (χ4n) is 2.47. The Hall–Kier alpha value is -2.38. The Labute approximate surface area is 166 Å². The molecule has 0 fully saturated rings. The molecule has 0 saturated carbocycles. The fraction of sp³-hybridized carbons (Fsp3) is 0.250. The van der Waals surface area contributed by atoms with Crippen molar-refractivity contribution in [2.75, 3.05) is 16.4 Å². The maximum Gasteiger partial charge on any atom is 0.237 e. The van der Waals surface area contributed by atoms with Gasteiger partial charge in [0.25, 0.3) is 0 Å². The highest BCUT2D eigenvalue weighted by Gasteiger charge is 2.16. The lowest BCUT2D eigenvalue weighted by Gasteiger charge is -2.12. The number of fused-ring (bicyclic) bond motifs is 1. The molecule has 2 amide bonds. The van der Waals surface area contributed by atoms with Gasteiger partial charge in [0.05, 0.1) is 26.2 Å². The molecule has 2 N–H and O–H groups in total. The van der Waals surface area contributed by atoms with E-state index in [1.54, 1.807) is 18.3 Å². The number of benzene rings is 2. The average molecular weight is 400 g/mol. The van der Waals surface area contributed by atoms with E-state index in [0.717, 1.165) is 32.2 Å². The summed E-state index contributed by atoms with van der Waals surface area (Å²) >= 11 is 2.91. The number of nitrogens with one attached hydrogen (secondary N) is 2. The molecule has 0 aliphatic heterocycles. The lowest BCUT2D eigenvalue weighted by Crippen LogP contribution is -2.25. The zero-order valence-electron chi connectivity index (χ0n) is 15.4. The summed E-state index contributed by atoms with van der Waals surface area (Å²) in [6.45, 7) is 5.76. The molecule has 0 aliphatic carbocycles. The highest BCUT2D eigenvalue weighted by molar-refractivity contribution is 8.01. The molecule has 3 rings (SSSR count). The van der Waals surface area contributed by atoms with Gasteiger partial charge in [-0.25, -0.2) is 4.98 Å². The van der Waals surface area contributed by atoms with Crippen LogP contribution in [0.2, 0.25) is 0 Å². The number of carbonyl (C=O) groups is 2. The van der Waals surface area contributed by atoms with E-state index in [0.29, 0.717) is 0 Å². The summed E-state index contributed by atoms with van der Waals surface area (Å²) in [7, 11) is 0. The minimum absolute atomic E-state index is 0.120. The number of hydrogen-bond donors (Lipinski definition) is 2. The van der Waals surface area contributed by atoms with Crippen LogP contribution in [-0.2, 0) is 9.59 Å². The van der Waals surface area contributed by atoms with E-state index in [1.165, 1.54) is 11.8 Å². The van der Waals surface area contributed by atoms with Crippen molar-refractivity contribution < 1.29 is 9.59 Å². The van der Waals surface area contributed by atoms with E-state index in [9.17, 15) is 9.59 Å². The Morgan fingerprint density at radius 2 is 1.78 bits per heavy atom. The fourth-order valence-corrected chi connectivity index (χ4v) is 4.02. The number of carbonyl (C=O) groups excluding carboxylic acids is 2. The normalized spacial score (nSPS) is 12.0. The van der Waals surface area contributed by atoms with E-state index in [2.05, 4.69) is 15.6 Å². The molecule has 0 bridgehead atoms. The van der Waals surface area contributed by atoms with Crippen LogP contribution in [0.1, 0.15) is 17.5 Å². The summed E-state index contributed by atoms with van der Waals surface area (Å²) in [4.78, 5) is 28.9. The number of nitrogens with zero attached hydrogens (tertiary/aromatic N) is 1. The predicted octanol–water partition coefficient (Wildman–Crippen LogP) is 4.61. The van der Waals surface area contributed by atoms with Crippen molar-refractivity contribution in [2.24, 2.45) is 0 Å². The van der Waals surface area contributed by atoms with Crippen molar-refractivity contribution in [1.29, 1.82) is 0 Å². The molecular formula is C20H21N3O2S2. The van der Waals surface area contributed by atoms with Crippen LogP contribution in [0.15, 0.2) is 42.5 Å². The van der Waals surface area contributed by atoms with Crippen molar-refractivity contribution >= 4 is 56.5 Å². The molecule has 0 saturated heterocycles. The van der Waals surface area contributed by atoms with Crippen LogP contribution in [0.25, 0.3) is 10.2 Å². The summed E-state index contributed by atoms with van der Waals surface area (Å²) in [6.07, 6.45) is 0. The van der Waals surface area contributed by atoms with Gasteiger partial charge >= 0.3 is 0 Å². The number of rotatable bonds is 6. The van der Waals surface area contributed by atoms with Crippen molar-refractivity contribution in [3.05, 3.63) is 53.0 Å². The maximum absolute atomic E-state index is 12.4. The van der Waals surface area contributed by atoms with Crippen molar-refractivity contribution in [2.45, 2.75) is 26.0 Å². The first kappa shape index (κ1) is 19.4. The largest absolute Gasteiger partial charge is 0.325 e. The first-order chi connectivity index (χ1) is 12.9. The molecule has 1 aromatic heterocycles. The molecule has 7 heteroatoms. The first-order valence-corrected chi connectivity index (χ1v) is 10.4. The Kier molecular flexibility index (Phi) is 6.13. The quantitative estimate of drug-likeness (QED) is 0.635. The van der Waals surface area contributed by atoms with Gasteiger partial charge in [0.1, 0.15) is 0 Å². The van der Waals surface area contributed by atoms with E-state index >= 15 is 0 Å². The second-order valence-electron chi connectivity index (χ2n) is 6.27. The molecule has 5 nitrogen and oxygen atoms in total. The third-order valence-electron chi connectivity index (χ3n) is 3.93. The molecule has 1 heterocycles. The van der Waals surface area contributed by atoms with Crippen molar-refractivity contribution in [1.82, 2.24) is 4.98 Å². The molecule has 2 aromatic carbocycles. The minimum Gasteiger partial charge on any atom is -0.325 e. The standard InChI is InChI=1S/C20H21N3O2S2/c1-12-4-6-15(7-5-12)22-19(24)11-26-13(2)20(25)23-16-8-9-17-18(10-16)27-14(3)21-17/h4-10,13H,11H2,1-3H3,(H,22,24)(H,23,25)/t13-/m1/s1. The highest BCUT2D eigenvalue weighted by atomic mass is 32.2. The molecule has 3 aromatic rings. The molecule has 1 atom stereocenters. The zero-order valence-corrected chi connectivity index (χ0v) is 17.0. The Bertz CT molecular complexity index is 967. The Balaban J connectivity index is 1.50. The van der Waals surface area contributed by atoms with E-state index in [4.69, 9.17) is 0 Å².